The number of aryl methyl sites for hydroxylation is 1. The standard InChI is InChI=1S/C15H18N2O2S/c1-11-7-8-12-4-2-6-14(15(12)16-11)17-13-5-3-9-20(18,19)10-13/h2,4,6-8,13,17H,3,5,9-10H2,1H3. The molecule has 2 heterocycles. The predicted molar refractivity (Wildman–Crippen MR) is 81.8 cm³/mol. The summed E-state index contributed by atoms with van der Waals surface area (Å²) >= 11 is 0. The Balaban J connectivity index is 1.93. The van der Waals surface area contributed by atoms with Crippen molar-refractivity contribution in [3.05, 3.63) is 36.0 Å². The third-order valence-electron chi connectivity index (χ3n) is 3.68. The van der Waals surface area contributed by atoms with E-state index in [2.05, 4.69) is 10.3 Å². The van der Waals surface area contributed by atoms with Gasteiger partial charge in [-0.05, 0) is 31.9 Å². The van der Waals surface area contributed by atoms with E-state index in [0.717, 1.165) is 35.1 Å². The molecule has 20 heavy (non-hydrogen) atoms. The Bertz CT molecular complexity index is 741. The summed E-state index contributed by atoms with van der Waals surface area (Å²) in [6, 6.07) is 9.97. The van der Waals surface area contributed by atoms with Gasteiger partial charge in [-0.3, -0.25) is 4.98 Å². The number of benzene rings is 1. The molecule has 106 valence electrons. The summed E-state index contributed by atoms with van der Waals surface area (Å²) in [5.74, 6) is 0.535. The summed E-state index contributed by atoms with van der Waals surface area (Å²) in [6.07, 6.45) is 1.62. The molecule has 4 nitrogen and oxygen atoms in total. The van der Waals surface area contributed by atoms with E-state index in [-0.39, 0.29) is 11.8 Å². The average Bonchev–Trinajstić information content (AvgIpc) is 2.38. The van der Waals surface area contributed by atoms with Crippen molar-refractivity contribution in [2.24, 2.45) is 0 Å². The molecule has 1 unspecified atom stereocenters. The smallest absolute Gasteiger partial charge is 0.152 e. The molecule has 1 aromatic heterocycles. The Morgan fingerprint density at radius 1 is 1.25 bits per heavy atom. The second-order valence-electron chi connectivity index (χ2n) is 5.43. The molecule has 1 atom stereocenters. The summed E-state index contributed by atoms with van der Waals surface area (Å²) in [7, 11) is -2.90. The van der Waals surface area contributed by atoms with Gasteiger partial charge >= 0.3 is 0 Å². The minimum absolute atomic E-state index is 0.0123. The number of pyridine rings is 1. The number of nitrogens with zero attached hydrogens (tertiary/aromatic N) is 1. The van der Waals surface area contributed by atoms with Crippen LogP contribution in [0, 0.1) is 6.92 Å². The van der Waals surface area contributed by atoms with Gasteiger partial charge in [-0.15, -0.1) is 0 Å². The minimum atomic E-state index is -2.90. The van der Waals surface area contributed by atoms with Crippen LogP contribution in [0.1, 0.15) is 18.5 Å². The van der Waals surface area contributed by atoms with Crippen molar-refractivity contribution < 1.29 is 8.42 Å². The molecule has 0 radical (unpaired) electrons. The van der Waals surface area contributed by atoms with E-state index < -0.39 is 9.84 Å². The van der Waals surface area contributed by atoms with E-state index >= 15 is 0 Å². The van der Waals surface area contributed by atoms with E-state index in [9.17, 15) is 8.42 Å². The lowest BCUT2D eigenvalue weighted by atomic mass is 10.1. The van der Waals surface area contributed by atoms with Gasteiger partial charge in [0.15, 0.2) is 9.84 Å². The van der Waals surface area contributed by atoms with Gasteiger partial charge in [0.25, 0.3) is 0 Å². The lowest BCUT2D eigenvalue weighted by Crippen LogP contribution is -2.34. The molecule has 1 aliphatic heterocycles. The highest BCUT2D eigenvalue weighted by Gasteiger charge is 2.24. The van der Waals surface area contributed by atoms with Gasteiger partial charge in [0.2, 0.25) is 0 Å². The Labute approximate surface area is 119 Å². The second kappa shape index (κ2) is 5.05. The summed E-state index contributed by atoms with van der Waals surface area (Å²) in [4.78, 5) is 4.57. The fraction of sp³-hybridized carbons (Fsp3) is 0.400. The van der Waals surface area contributed by atoms with Gasteiger partial charge in [0, 0.05) is 17.1 Å². The van der Waals surface area contributed by atoms with Crippen molar-refractivity contribution in [3.63, 3.8) is 0 Å². The summed E-state index contributed by atoms with van der Waals surface area (Å²) in [6.45, 7) is 1.96. The van der Waals surface area contributed by atoms with Crippen LogP contribution in [0.4, 0.5) is 5.69 Å². The Kier molecular flexibility index (Phi) is 3.38. The lowest BCUT2D eigenvalue weighted by Gasteiger charge is -2.24. The third kappa shape index (κ3) is 2.77. The fourth-order valence-corrected chi connectivity index (χ4v) is 4.35. The molecule has 1 aliphatic rings. The SMILES string of the molecule is Cc1ccc2cccc(NC3CCCS(=O)(=O)C3)c2n1. The molecule has 5 heteroatoms. The maximum Gasteiger partial charge on any atom is 0.152 e. The molecule has 0 saturated carbocycles. The van der Waals surface area contributed by atoms with E-state index in [1.807, 2.05) is 37.3 Å². The zero-order valence-corrected chi connectivity index (χ0v) is 12.3. The number of nitrogens with one attached hydrogen (secondary N) is 1. The molecule has 2 aromatic rings. The van der Waals surface area contributed by atoms with Gasteiger partial charge in [0.05, 0.1) is 22.7 Å². The van der Waals surface area contributed by atoms with Crippen LogP contribution in [0.3, 0.4) is 0 Å². The van der Waals surface area contributed by atoms with Crippen LogP contribution in [0.2, 0.25) is 0 Å². The van der Waals surface area contributed by atoms with E-state index in [0.29, 0.717) is 5.75 Å². The number of aromatic nitrogens is 1. The highest BCUT2D eigenvalue weighted by atomic mass is 32.2. The van der Waals surface area contributed by atoms with Crippen LogP contribution < -0.4 is 5.32 Å². The fourth-order valence-electron chi connectivity index (χ4n) is 2.72. The van der Waals surface area contributed by atoms with Crippen LogP contribution in [0.15, 0.2) is 30.3 Å². The Hall–Kier alpha value is -1.62. The molecule has 0 amide bonds. The number of sulfone groups is 1. The molecule has 1 fully saturated rings. The quantitative estimate of drug-likeness (QED) is 0.923. The lowest BCUT2D eigenvalue weighted by molar-refractivity contribution is 0.562. The van der Waals surface area contributed by atoms with Crippen molar-refractivity contribution in [1.82, 2.24) is 4.98 Å². The highest BCUT2D eigenvalue weighted by Crippen LogP contribution is 2.24. The van der Waals surface area contributed by atoms with E-state index in [1.165, 1.54) is 0 Å². The summed E-state index contributed by atoms with van der Waals surface area (Å²) in [5.41, 5.74) is 2.80. The second-order valence-corrected chi connectivity index (χ2v) is 7.66. The topological polar surface area (TPSA) is 59.1 Å². The molecule has 1 aromatic carbocycles. The van der Waals surface area contributed by atoms with Crippen molar-refractivity contribution in [2.75, 3.05) is 16.8 Å². The molecule has 0 spiro atoms. The van der Waals surface area contributed by atoms with Gasteiger partial charge in [-0.1, -0.05) is 18.2 Å². The van der Waals surface area contributed by atoms with Crippen LogP contribution in [-0.2, 0) is 9.84 Å². The number of rotatable bonds is 2. The zero-order chi connectivity index (χ0) is 14.2. The van der Waals surface area contributed by atoms with Crippen LogP contribution in [-0.4, -0.2) is 30.9 Å². The molecule has 0 aliphatic carbocycles. The first-order valence-electron chi connectivity index (χ1n) is 6.87. The highest BCUT2D eigenvalue weighted by molar-refractivity contribution is 7.91. The molecule has 0 bridgehead atoms. The number of fused-ring (bicyclic) bond motifs is 1. The number of para-hydroxylation sites is 1. The zero-order valence-electron chi connectivity index (χ0n) is 11.5. The molecular weight excluding hydrogens is 272 g/mol. The third-order valence-corrected chi connectivity index (χ3v) is 5.50. The Morgan fingerprint density at radius 3 is 2.90 bits per heavy atom. The number of anilines is 1. The van der Waals surface area contributed by atoms with Gasteiger partial charge in [-0.2, -0.15) is 0 Å². The largest absolute Gasteiger partial charge is 0.380 e. The number of hydrogen-bond acceptors (Lipinski definition) is 4. The minimum Gasteiger partial charge on any atom is -0.380 e. The van der Waals surface area contributed by atoms with Gasteiger partial charge < -0.3 is 5.32 Å². The maximum absolute atomic E-state index is 11.7. The molecule has 1 saturated heterocycles. The normalized spacial score (nSPS) is 21.8. The molecule has 1 N–H and O–H groups in total. The predicted octanol–water partition coefficient (Wildman–Crippen LogP) is 2.53. The average molecular weight is 290 g/mol. The summed E-state index contributed by atoms with van der Waals surface area (Å²) in [5, 5.41) is 4.43. The first-order valence-corrected chi connectivity index (χ1v) is 8.69. The monoisotopic (exact) mass is 290 g/mol. The summed E-state index contributed by atoms with van der Waals surface area (Å²) < 4.78 is 23.4. The first kappa shape index (κ1) is 13.4. The van der Waals surface area contributed by atoms with E-state index in [4.69, 9.17) is 0 Å². The van der Waals surface area contributed by atoms with Crippen LogP contribution in [0.25, 0.3) is 10.9 Å². The number of hydrogen-bond donors (Lipinski definition) is 1. The van der Waals surface area contributed by atoms with Crippen LogP contribution in [0.5, 0.6) is 0 Å². The first-order chi connectivity index (χ1) is 9.53. The van der Waals surface area contributed by atoms with E-state index in [1.54, 1.807) is 0 Å². The van der Waals surface area contributed by atoms with Gasteiger partial charge in [-0.25, -0.2) is 8.42 Å². The van der Waals surface area contributed by atoms with Crippen molar-refractivity contribution in [3.8, 4) is 0 Å². The Morgan fingerprint density at radius 2 is 2.10 bits per heavy atom. The van der Waals surface area contributed by atoms with Crippen molar-refractivity contribution in [2.45, 2.75) is 25.8 Å². The van der Waals surface area contributed by atoms with Gasteiger partial charge in [0.1, 0.15) is 0 Å². The molecular formula is C15H18N2O2S. The van der Waals surface area contributed by atoms with Crippen molar-refractivity contribution >= 4 is 26.4 Å². The van der Waals surface area contributed by atoms with Crippen molar-refractivity contribution in [1.29, 1.82) is 0 Å². The van der Waals surface area contributed by atoms with Crippen LogP contribution >= 0.6 is 0 Å². The molecule has 3 rings (SSSR count). The maximum atomic E-state index is 11.7.